The molecular weight excluding hydrogens is 329 g/mol. The van der Waals surface area contributed by atoms with Crippen LogP contribution in [0.4, 0.5) is 11.4 Å². The summed E-state index contributed by atoms with van der Waals surface area (Å²) in [6.07, 6.45) is 2.24. The highest BCUT2D eigenvalue weighted by Crippen LogP contribution is 2.20. The van der Waals surface area contributed by atoms with E-state index in [1.54, 1.807) is 0 Å². The molecule has 1 amide bonds. The highest BCUT2D eigenvalue weighted by molar-refractivity contribution is 14.1. The van der Waals surface area contributed by atoms with Crippen molar-refractivity contribution in [3.8, 4) is 0 Å². The van der Waals surface area contributed by atoms with Crippen LogP contribution in [0.1, 0.15) is 12.8 Å². The van der Waals surface area contributed by atoms with Crippen molar-refractivity contribution < 1.29 is 4.79 Å². The molecule has 0 spiro atoms. The summed E-state index contributed by atoms with van der Waals surface area (Å²) in [5.74, 6) is 0.153. The van der Waals surface area contributed by atoms with Crippen LogP contribution in [0.2, 0.25) is 0 Å². The molecule has 0 unspecified atom stereocenters. The van der Waals surface area contributed by atoms with Crippen molar-refractivity contribution in [1.82, 2.24) is 4.90 Å². The lowest BCUT2D eigenvalue weighted by Gasteiger charge is -2.16. The smallest absolute Gasteiger partial charge is 0.241 e. The second-order valence-electron chi connectivity index (χ2n) is 4.17. The van der Waals surface area contributed by atoms with Crippen molar-refractivity contribution in [2.45, 2.75) is 12.8 Å². The number of rotatable bonds is 3. The third kappa shape index (κ3) is 3.24. The molecule has 1 aromatic rings. The molecular formula is C12H16IN3O. The summed E-state index contributed by atoms with van der Waals surface area (Å²) in [5, 5.41) is 3.10. The quantitative estimate of drug-likeness (QED) is 0.650. The number of amides is 1. The Bertz CT molecular complexity index is 416. The Morgan fingerprint density at radius 3 is 2.76 bits per heavy atom. The van der Waals surface area contributed by atoms with E-state index in [-0.39, 0.29) is 5.91 Å². The lowest BCUT2D eigenvalue weighted by molar-refractivity contribution is -0.128. The number of carbonyl (C=O) groups is 1. The molecule has 5 heteroatoms. The van der Waals surface area contributed by atoms with E-state index < -0.39 is 0 Å². The van der Waals surface area contributed by atoms with Gasteiger partial charge in [0.15, 0.2) is 0 Å². The Labute approximate surface area is 115 Å². The lowest BCUT2D eigenvalue weighted by Crippen LogP contribution is -2.33. The number of hydrogen-bond acceptors (Lipinski definition) is 3. The predicted octanol–water partition coefficient (Wildman–Crippen LogP) is 1.91. The maximum Gasteiger partial charge on any atom is 0.241 e. The molecule has 1 aliphatic heterocycles. The molecule has 0 atom stereocenters. The minimum absolute atomic E-state index is 0.153. The Kier molecular flexibility index (Phi) is 4.09. The van der Waals surface area contributed by atoms with Crippen LogP contribution in [0.3, 0.4) is 0 Å². The van der Waals surface area contributed by atoms with E-state index in [9.17, 15) is 4.79 Å². The number of carbonyl (C=O) groups excluding carboxylic acids is 1. The number of hydrogen-bond donors (Lipinski definition) is 2. The summed E-state index contributed by atoms with van der Waals surface area (Å²) in [6, 6.07) is 5.77. The number of anilines is 2. The van der Waals surface area contributed by atoms with Crippen molar-refractivity contribution in [2.24, 2.45) is 0 Å². The van der Waals surface area contributed by atoms with Gasteiger partial charge in [-0.2, -0.15) is 0 Å². The van der Waals surface area contributed by atoms with Gasteiger partial charge >= 0.3 is 0 Å². The predicted molar refractivity (Wildman–Crippen MR) is 77.9 cm³/mol. The van der Waals surface area contributed by atoms with Crippen LogP contribution in [0.25, 0.3) is 0 Å². The summed E-state index contributed by atoms with van der Waals surface area (Å²) in [6.45, 7) is 2.11. The molecule has 0 aliphatic carbocycles. The lowest BCUT2D eigenvalue weighted by atomic mass is 10.2. The van der Waals surface area contributed by atoms with Gasteiger partial charge in [0.2, 0.25) is 5.91 Å². The molecule has 17 heavy (non-hydrogen) atoms. The van der Waals surface area contributed by atoms with Gasteiger partial charge in [0, 0.05) is 16.7 Å². The highest BCUT2D eigenvalue weighted by atomic mass is 127. The molecule has 92 valence electrons. The minimum atomic E-state index is 0.153. The van der Waals surface area contributed by atoms with Gasteiger partial charge in [-0.15, -0.1) is 0 Å². The van der Waals surface area contributed by atoms with Crippen LogP contribution in [0.15, 0.2) is 18.2 Å². The van der Waals surface area contributed by atoms with Gasteiger partial charge in [-0.1, -0.05) is 0 Å². The zero-order chi connectivity index (χ0) is 12.3. The van der Waals surface area contributed by atoms with E-state index in [0.717, 1.165) is 35.2 Å². The monoisotopic (exact) mass is 345 g/mol. The zero-order valence-corrected chi connectivity index (χ0v) is 11.7. The van der Waals surface area contributed by atoms with Gasteiger partial charge in [0.25, 0.3) is 0 Å². The van der Waals surface area contributed by atoms with Gasteiger partial charge < -0.3 is 16.0 Å². The first-order valence-electron chi connectivity index (χ1n) is 5.73. The third-order valence-corrected chi connectivity index (χ3v) is 3.57. The van der Waals surface area contributed by atoms with E-state index in [4.69, 9.17) is 5.73 Å². The van der Waals surface area contributed by atoms with Crippen LogP contribution >= 0.6 is 22.6 Å². The standard InChI is InChI=1S/C12H16IN3O/c13-9-3-4-11(10(14)7-9)15-8-12(17)16-5-1-2-6-16/h3-4,7,15H,1-2,5-6,8,14H2. The van der Waals surface area contributed by atoms with Crippen molar-refractivity contribution >= 4 is 39.9 Å². The number of benzene rings is 1. The van der Waals surface area contributed by atoms with Gasteiger partial charge in [0.1, 0.15) is 0 Å². The summed E-state index contributed by atoms with van der Waals surface area (Å²) >= 11 is 2.21. The molecule has 0 aromatic heterocycles. The largest absolute Gasteiger partial charge is 0.397 e. The first-order valence-corrected chi connectivity index (χ1v) is 6.81. The Morgan fingerprint density at radius 2 is 2.12 bits per heavy atom. The number of nitrogens with zero attached hydrogens (tertiary/aromatic N) is 1. The maximum absolute atomic E-state index is 11.8. The fraction of sp³-hybridized carbons (Fsp3) is 0.417. The highest BCUT2D eigenvalue weighted by Gasteiger charge is 2.17. The molecule has 3 N–H and O–H groups in total. The molecule has 0 bridgehead atoms. The molecule has 4 nitrogen and oxygen atoms in total. The average molecular weight is 345 g/mol. The van der Waals surface area contributed by atoms with Crippen LogP contribution in [-0.4, -0.2) is 30.4 Å². The summed E-state index contributed by atoms with van der Waals surface area (Å²) < 4.78 is 1.09. The topological polar surface area (TPSA) is 58.4 Å². The Balaban J connectivity index is 1.90. The van der Waals surface area contributed by atoms with Crippen molar-refractivity contribution in [3.63, 3.8) is 0 Å². The third-order valence-electron chi connectivity index (χ3n) is 2.90. The number of likely N-dealkylation sites (tertiary alicyclic amines) is 1. The second-order valence-corrected chi connectivity index (χ2v) is 5.42. The van der Waals surface area contributed by atoms with Crippen LogP contribution in [0.5, 0.6) is 0 Å². The molecule has 1 aromatic carbocycles. The van der Waals surface area contributed by atoms with Gasteiger partial charge in [0.05, 0.1) is 17.9 Å². The summed E-state index contributed by atoms with van der Waals surface area (Å²) in [4.78, 5) is 13.7. The first kappa shape index (κ1) is 12.5. The van der Waals surface area contributed by atoms with Crippen LogP contribution in [-0.2, 0) is 4.79 Å². The summed E-state index contributed by atoms with van der Waals surface area (Å²) in [5.41, 5.74) is 7.39. The number of nitrogens with one attached hydrogen (secondary N) is 1. The molecule has 1 heterocycles. The number of nitrogens with two attached hydrogens (primary N) is 1. The van der Waals surface area contributed by atoms with Crippen molar-refractivity contribution in [1.29, 1.82) is 0 Å². The molecule has 2 rings (SSSR count). The van der Waals surface area contributed by atoms with Crippen molar-refractivity contribution in [3.05, 3.63) is 21.8 Å². The molecule has 0 radical (unpaired) electrons. The Hall–Kier alpha value is -0.980. The molecule has 0 saturated carbocycles. The van der Waals surface area contributed by atoms with Gasteiger partial charge in [-0.3, -0.25) is 4.79 Å². The normalized spacial score (nSPS) is 15.0. The second kappa shape index (κ2) is 5.57. The zero-order valence-electron chi connectivity index (χ0n) is 9.58. The molecule has 1 aliphatic rings. The average Bonchev–Trinajstić information content (AvgIpc) is 2.81. The minimum Gasteiger partial charge on any atom is -0.397 e. The van der Waals surface area contributed by atoms with E-state index in [2.05, 4.69) is 27.9 Å². The molecule has 1 fully saturated rings. The Morgan fingerprint density at radius 1 is 1.41 bits per heavy atom. The summed E-state index contributed by atoms with van der Waals surface area (Å²) in [7, 11) is 0. The van der Waals surface area contributed by atoms with E-state index in [1.165, 1.54) is 0 Å². The van der Waals surface area contributed by atoms with Crippen molar-refractivity contribution in [2.75, 3.05) is 30.7 Å². The van der Waals surface area contributed by atoms with Gasteiger partial charge in [-0.25, -0.2) is 0 Å². The number of halogens is 1. The first-order chi connectivity index (χ1) is 8.16. The van der Waals surface area contributed by atoms with E-state index in [0.29, 0.717) is 12.2 Å². The van der Waals surface area contributed by atoms with Gasteiger partial charge in [-0.05, 0) is 53.6 Å². The molecule has 1 saturated heterocycles. The fourth-order valence-electron chi connectivity index (χ4n) is 1.94. The number of nitrogen functional groups attached to an aromatic ring is 1. The van der Waals surface area contributed by atoms with Crippen LogP contribution in [0, 0.1) is 3.57 Å². The van der Waals surface area contributed by atoms with Crippen LogP contribution < -0.4 is 11.1 Å². The fourth-order valence-corrected chi connectivity index (χ4v) is 2.46. The SMILES string of the molecule is Nc1cc(I)ccc1NCC(=O)N1CCCC1. The van der Waals surface area contributed by atoms with E-state index >= 15 is 0 Å². The maximum atomic E-state index is 11.8. The van der Waals surface area contributed by atoms with E-state index in [1.807, 2.05) is 23.1 Å².